The van der Waals surface area contributed by atoms with Crippen molar-refractivity contribution in [2.75, 3.05) is 32.7 Å². The maximum absolute atomic E-state index is 4.44. The number of nitrogens with zero attached hydrogens (tertiary/aromatic N) is 6. The van der Waals surface area contributed by atoms with Gasteiger partial charge in [-0.3, -0.25) is 9.80 Å². The molecule has 0 amide bonds. The van der Waals surface area contributed by atoms with E-state index in [1.165, 1.54) is 11.1 Å². The van der Waals surface area contributed by atoms with E-state index in [2.05, 4.69) is 83.9 Å². The van der Waals surface area contributed by atoms with Gasteiger partial charge in [-0.2, -0.15) is 0 Å². The van der Waals surface area contributed by atoms with E-state index in [9.17, 15) is 0 Å². The molecule has 1 unspecified atom stereocenters. The third-order valence-corrected chi connectivity index (χ3v) is 4.93. The van der Waals surface area contributed by atoms with E-state index < -0.39 is 0 Å². The van der Waals surface area contributed by atoms with E-state index in [0.717, 1.165) is 38.5 Å². The zero-order chi connectivity index (χ0) is 18.7. The first-order valence-corrected chi connectivity index (χ1v) is 9.33. The van der Waals surface area contributed by atoms with Crippen molar-refractivity contribution in [1.29, 1.82) is 0 Å². The molecule has 0 aliphatic carbocycles. The summed E-state index contributed by atoms with van der Waals surface area (Å²) < 4.78 is 1.97. The highest BCUT2D eigenvalue weighted by Gasteiger charge is 2.32. The zero-order valence-electron chi connectivity index (χ0n) is 16.4. The van der Waals surface area contributed by atoms with Gasteiger partial charge in [0, 0.05) is 32.7 Å². The molecule has 2 heterocycles. The number of aromatic nitrogens is 4. The van der Waals surface area contributed by atoms with Crippen LogP contribution in [-0.4, -0.2) is 62.7 Å². The topological polar surface area (TPSA) is 50.1 Å². The molecule has 1 aliphatic rings. The van der Waals surface area contributed by atoms with Crippen LogP contribution in [0.4, 0.5) is 0 Å². The quantitative estimate of drug-likeness (QED) is 0.773. The number of hydrogen-bond donors (Lipinski definition) is 0. The van der Waals surface area contributed by atoms with Gasteiger partial charge in [-0.1, -0.05) is 35.9 Å². The Hall–Kier alpha value is -2.05. The Morgan fingerprint density at radius 3 is 2.35 bits per heavy atom. The second-order valence-corrected chi connectivity index (χ2v) is 8.06. The molecule has 1 saturated heterocycles. The number of hydrogen-bond acceptors (Lipinski definition) is 5. The Bertz CT molecular complexity index is 720. The average Bonchev–Trinajstić information content (AvgIpc) is 3.08. The number of aryl methyl sites for hydroxylation is 1. The lowest BCUT2D eigenvalue weighted by Crippen LogP contribution is -2.48. The van der Waals surface area contributed by atoms with Crippen molar-refractivity contribution < 1.29 is 0 Å². The summed E-state index contributed by atoms with van der Waals surface area (Å²) in [6.07, 6.45) is 1.98. The molecule has 1 fully saturated rings. The summed E-state index contributed by atoms with van der Waals surface area (Å²) in [5.74, 6) is 0.915. The Morgan fingerprint density at radius 1 is 1.12 bits per heavy atom. The fourth-order valence-corrected chi connectivity index (χ4v) is 3.50. The average molecular weight is 355 g/mol. The van der Waals surface area contributed by atoms with Gasteiger partial charge in [-0.05, 0) is 43.7 Å². The second kappa shape index (κ2) is 7.68. The van der Waals surface area contributed by atoms with Crippen LogP contribution in [0.25, 0.3) is 0 Å². The molecule has 2 aromatic rings. The van der Waals surface area contributed by atoms with E-state index in [1.54, 1.807) is 0 Å². The molecule has 140 valence electrons. The highest BCUT2D eigenvalue weighted by molar-refractivity contribution is 5.28. The molecule has 0 bridgehead atoms. The summed E-state index contributed by atoms with van der Waals surface area (Å²) in [4.78, 5) is 4.93. The van der Waals surface area contributed by atoms with Crippen molar-refractivity contribution in [2.24, 2.45) is 0 Å². The largest absolute Gasteiger partial charge is 0.297 e. The summed E-state index contributed by atoms with van der Waals surface area (Å²) in [5.41, 5.74) is 2.35. The smallest absolute Gasteiger partial charge is 0.173 e. The first-order valence-electron chi connectivity index (χ1n) is 9.33. The van der Waals surface area contributed by atoms with E-state index >= 15 is 0 Å². The highest BCUT2D eigenvalue weighted by atomic mass is 15.6. The van der Waals surface area contributed by atoms with Crippen molar-refractivity contribution in [2.45, 2.75) is 39.3 Å². The summed E-state index contributed by atoms with van der Waals surface area (Å²) in [7, 11) is 0. The van der Waals surface area contributed by atoms with Gasteiger partial charge in [-0.25, -0.2) is 4.68 Å². The molecule has 26 heavy (non-hydrogen) atoms. The van der Waals surface area contributed by atoms with E-state index in [-0.39, 0.29) is 11.6 Å². The summed E-state index contributed by atoms with van der Waals surface area (Å²) in [5, 5.41) is 12.7. The molecular weight excluding hydrogens is 324 g/mol. The molecule has 1 aliphatic heterocycles. The van der Waals surface area contributed by atoms with E-state index in [4.69, 9.17) is 0 Å². The highest BCUT2D eigenvalue weighted by Crippen LogP contribution is 2.30. The molecule has 0 N–H and O–H groups in total. The standard InChI is InChI=1S/C20H30N6/c1-6-11-24-12-14-25(15-13-24)18(17-9-7-16(2)8-10-17)19-21-22-23-26(19)20(3,4)5/h6-10,18H,1,11-15H2,2-5H3. The minimum absolute atomic E-state index is 0.0655. The van der Waals surface area contributed by atoms with Crippen LogP contribution in [0.15, 0.2) is 36.9 Å². The number of benzene rings is 1. The van der Waals surface area contributed by atoms with Crippen molar-refractivity contribution in [3.05, 3.63) is 53.9 Å². The van der Waals surface area contributed by atoms with Crippen LogP contribution < -0.4 is 0 Å². The molecule has 0 radical (unpaired) electrons. The zero-order valence-corrected chi connectivity index (χ0v) is 16.4. The van der Waals surface area contributed by atoms with Crippen LogP contribution in [0.2, 0.25) is 0 Å². The lowest BCUT2D eigenvalue weighted by molar-refractivity contribution is 0.110. The molecule has 0 saturated carbocycles. The SMILES string of the molecule is C=CCN1CCN(C(c2ccc(C)cc2)c2nnnn2C(C)(C)C)CC1. The van der Waals surface area contributed by atoms with Gasteiger partial charge in [0.2, 0.25) is 0 Å². The van der Waals surface area contributed by atoms with Gasteiger partial charge in [0.05, 0.1) is 11.6 Å². The van der Waals surface area contributed by atoms with Gasteiger partial charge in [0.25, 0.3) is 0 Å². The van der Waals surface area contributed by atoms with Crippen LogP contribution in [-0.2, 0) is 5.54 Å². The molecule has 1 aromatic heterocycles. The molecule has 3 rings (SSSR count). The molecular formula is C20H30N6. The first-order chi connectivity index (χ1) is 12.4. The van der Waals surface area contributed by atoms with Crippen molar-refractivity contribution >= 4 is 0 Å². The summed E-state index contributed by atoms with van der Waals surface area (Å²) in [6.45, 7) is 17.4. The number of tetrazole rings is 1. The van der Waals surface area contributed by atoms with Crippen molar-refractivity contribution in [3.8, 4) is 0 Å². The lowest BCUT2D eigenvalue weighted by atomic mass is 10.0. The predicted octanol–water partition coefficient (Wildman–Crippen LogP) is 2.63. The summed E-state index contributed by atoms with van der Waals surface area (Å²) in [6, 6.07) is 8.81. The number of piperazine rings is 1. The Kier molecular flexibility index (Phi) is 5.53. The lowest BCUT2D eigenvalue weighted by Gasteiger charge is -2.39. The predicted molar refractivity (Wildman–Crippen MR) is 104 cm³/mol. The molecule has 1 atom stereocenters. The Morgan fingerprint density at radius 2 is 1.77 bits per heavy atom. The maximum Gasteiger partial charge on any atom is 0.173 e. The summed E-state index contributed by atoms with van der Waals surface area (Å²) >= 11 is 0. The molecule has 1 aromatic carbocycles. The van der Waals surface area contributed by atoms with Gasteiger partial charge < -0.3 is 0 Å². The normalized spacial score (nSPS) is 18.0. The van der Waals surface area contributed by atoms with Crippen molar-refractivity contribution in [3.63, 3.8) is 0 Å². The van der Waals surface area contributed by atoms with Crippen LogP contribution in [0.5, 0.6) is 0 Å². The van der Waals surface area contributed by atoms with E-state index in [0.29, 0.717) is 0 Å². The molecule has 0 spiro atoms. The van der Waals surface area contributed by atoms with Crippen LogP contribution in [0, 0.1) is 6.92 Å². The van der Waals surface area contributed by atoms with Crippen LogP contribution in [0.3, 0.4) is 0 Å². The second-order valence-electron chi connectivity index (χ2n) is 8.06. The third-order valence-electron chi connectivity index (χ3n) is 4.93. The Balaban J connectivity index is 1.95. The van der Waals surface area contributed by atoms with Gasteiger partial charge >= 0.3 is 0 Å². The monoisotopic (exact) mass is 354 g/mol. The van der Waals surface area contributed by atoms with Gasteiger partial charge in [0.1, 0.15) is 0 Å². The molecule has 6 nitrogen and oxygen atoms in total. The van der Waals surface area contributed by atoms with Crippen LogP contribution >= 0.6 is 0 Å². The van der Waals surface area contributed by atoms with E-state index in [1.807, 2.05) is 10.8 Å². The minimum atomic E-state index is -0.160. The van der Waals surface area contributed by atoms with Gasteiger partial charge in [-0.15, -0.1) is 11.7 Å². The third kappa shape index (κ3) is 4.02. The fourth-order valence-electron chi connectivity index (χ4n) is 3.50. The van der Waals surface area contributed by atoms with Gasteiger partial charge in [0.15, 0.2) is 5.82 Å². The first kappa shape index (κ1) is 18.7. The fraction of sp³-hybridized carbons (Fsp3) is 0.550. The number of rotatable bonds is 5. The molecule has 6 heteroatoms. The minimum Gasteiger partial charge on any atom is -0.297 e. The van der Waals surface area contributed by atoms with Crippen LogP contribution in [0.1, 0.15) is 43.8 Å². The Labute approximate surface area is 156 Å². The van der Waals surface area contributed by atoms with Crippen molar-refractivity contribution in [1.82, 2.24) is 30.0 Å². The maximum atomic E-state index is 4.44.